The Kier molecular flexibility index (Phi) is 17.2. The van der Waals surface area contributed by atoms with Gasteiger partial charge in [0.05, 0.1) is 41.4 Å². The van der Waals surface area contributed by atoms with Gasteiger partial charge in [-0.15, -0.1) is 0 Å². The lowest BCUT2D eigenvalue weighted by atomic mass is 9.92. The number of rotatable bonds is 15. The minimum atomic E-state index is -0.877. The number of aromatic hydroxyl groups is 2. The number of piperidine rings is 2. The number of amides is 5. The van der Waals surface area contributed by atoms with Gasteiger partial charge >= 0.3 is 6.03 Å². The first-order chi connectivity index (χ1) is 35.3. The number of fused-ring (bicyclic) bond motifs is 1. The van der Waals surface area contributed by atoms with Crippen molar-refractivity contribution in [2.75, 3.05) is 88.3 Å². The van der Waals surface area contributed by atoms with Gasteiger partial charge in [-0.3, -0.25) is 29.7 Å². The Morgan fingerprint density at radius 2 is 1.60 bits per heavy atom. The molecule has 4 aliphatic rings. The van der Waals surface area contributed by atoms with Gasteiger partial charge in [0.25, 0.3) is 0 Å². The summed E-state index contributed by atoms with van der Waals surface area (Å²) < 4.78 is 0. The number of urea groups is 1. The van der Waals surface area contributed by atoms with Gasteiger partial charge in [-0.25, -0.2) is 14.7 Å². The van der Waals surface area contributed by atoms with Crippen molar-refractivity contribution in [3.63, 3.8) is 0 Å². The first-order valence-corrected chi connectivity index (χ1v) is 25.7. The third-order valence-corrected chi connectivity index (χ3v) is 15.0. The summed E-state index contributed by atoms with van der Waals surface area (Å²) in [6.07, 6.45) is 6.69. The maximum Gasteiger partial charge on any atom is 0.325 e. The smallest absolute Gasteiger partial charge is 0.325 e. The molecule has 0 atom stereocenters. The van der Waals surface area contributed by atoms with Crippen molar-refractivity contribution < 1.29 is 29.4 Å². The molecule has 18 nitrogen and oxygen atoms in total. The van der Waals surface area contributed by atoms with Crippen molar-refractivity contribution in [1.82, 2.24) is 24.9 Å². The van der Waals surface area contributed by atoms with E-state index < -0.39 is 6.03 Å². The van der Waals surface area contributed by atoms with E-state index in [9.17, 15) is 29.4 Å². The van der Waals surface area contributed by atoms with E-state index in [-0.39, 0.29) is 59.5 Å². The number of piperazine rings is 1. The number of halogens is 1. The first-order valence-electron chi connectivity index (χ1n) is 25.3. The third kappa shape index (κ3) is 12.4. The highest BCUT2D eigenvalue weighted by Crippen LogP contribution is 2.36. The molecule has 0 bridgehead atoms. The monoisotopic (exact) mass is 1010 g/mol. The van der Waals surface area contributed by atoms with Crippen molar-refractivity contribution in [3.8, 4) is 11.5 Å². The Morgan fingerprint density at radius 1 is 0.890 bits per heavy atom. The Balaban J connectivity index is 0.795. The number of nitrogens with one attached hydrogen (secondary N) is 2. The van der Waals surface area contributed by atoms with Crippen LogP contribution in [0.2, 0.25) is 5.02 Å². The average molecular weight is 1020 g/mol. The number of hydrogen-bond acceptors (Lipinski definition) is 11. The molecule has 4 heterocycles. The number of nitrogens with two attached hydrogens (primary N) is 2. The van der Waals surface area contributed by atoms with Gasteiger partial charge in [0.15, 0.2) is 0 Å². The number of phenols is 2. The van der Waals surface area contributed by atoms with Gasteiger partial charge in [0.1, 0.15) is 23.2 Å². The topological polar surface area (TPSA) is 241 Å². The van der Waals surface area contributed by atoms with E-state index in [1.54, 1.807) is 17.0 Å². The highest BCUT2D eigenvalue weighted by molar-refractivity contribution is 6.36. The summed E-state index contributed by atoms with van der Waals surface area (Å²) >= 11 is 6.72. The first kappa shape index (κ1) is 52.2. The molecule has 0 saturated carbocycles. The van der Waals surface area contributed by atoms with Gasteiger partial charge in [-0.1, -0.05) is 54.9 Å². The number of aliphatic imine (C=N–C) groups is 2. The molecule has 3 fully saturated rings. The molecule has 0 aromatic heterocycles. The molecule has 386 valence electrons. The van der Waals surface area contributed by atoms with Crippen molar-refractivity contribution in [2.24, 2.45) is 33.3 Å². The molecule has 4 aliphatic heterocycles. The minimum absolute atomic E-state index is 0.0429. The van der Waals surface area contributed by atoms with Crippen molar-refractivity contribution in [2.45, 2.75) is 58.4 Å². The summed E-state index contributed by atoms with van der Waals surface area (Å²) in [6, 6.07) is 21.0. The molecule has 5 amide bonds. The fourth-order valence-corrected chi connectivity index (χ4v) is 10.8. The van der Waals surface area contributed by atoms with Gasteiger partial charge < -0.3 is 46.6 Å². The largest absolute Gasteiger partial charge is 0.508 e. The van der Waals surface area contributed by atoms with E-state index in [0.29, 0.717) is 94.6 Å². The number of anilines is 2. The fourth-order valence-electron chi connectivity index (χ4n) is 10.5. The van der Waals surface area contributed by atoms with Crippen LogP contribution in [0.5, 0.6) is 11.5 Å². The number of likely N-dealkylation sites (tertiary alicyclic amines) is 2. The zero-order valence-corrected chi connectivity index (χ0v) is 42.3. The minimum Gasteiger partial charge on any atom is -0.508 e. The summed E-state index contributed by atoms with van der Waals surface area (Å²) in [7, 11) is 0. The molecule has 0 spiro atoms. The Labute approximate surface area is 431 Å². The molecule has 4 aromatic carbocycles. The van der Waals surface area contributed by atoms with Gasteiger partial charge in [0, 0.05) is 94.0 Å². The second-order valence-electron chi connectivity index (χ2n) is 19.2. The zero-order chi connectivity index (χ0) is 51.6. The second-order valence-corrected chi connectivity index (χ2v) is 19.6. The highest BCUT2D eigenvalue weighted by atomic mass is 35.5. The van der Waals surface area contributed by atoms with Gasteiger partial charge in [-0.05, 0) is 104 Å². The summed E-state index contributed by atoms with van der Waals surface area (Å²) in [5.41, 5.74) is 16.4. The average Bonchev–Trinajstić information content (AvgIpc) is 3.40. The zero-order valence-electron chi connectivity index (χ0n) is 41.5. The second kappa shape index (κ2) is 24.0. The van der Waals surface area contributed by atoms with Crippen LogP contribution in [0.1, 0.15) is 62.1 Å². The standard InChI is InChI=1S/C54H67ClN12O6/c1-2-38-29-43(48(70)30-47(38)69)51(57)67(54(58)73)41-11-9-37(10-12-41)32-62-20-16-40(17-21-62)53(72)65-22-14-36(15-23-65)31-60-49(71)13-19-59-52(64-27-25-63(35-68)26-28-64)42-18-24-66(33-45(42)61-34-56)46-8-4-6-39-5-3-7-44(55)50(39)46/h3-12,29-30,34-36,40,57,69-70H,2,13-28,31-33H2,1H3,(H2,56,61)(H2,58,73)(H,60,71)/b57-51?,59-52+. The van der Waals surface area contributed by atoms with Crippen LogP contribution < -0.4 is 26.6 Å². The quantitative estimate of drug-likeness (QED) is 0.0485. The third-order valence-electron chi connectivity index (χ3n) is 14.7. The van der Waals surface area contributed by atoms with E-state index in [0.717, 1.165) is 95.3 Å². The summed E-state index contributed by atoms with van der Waals surface area (Å²) in [4.78, 5) is 72.4. The predicted octanol–water partition coefficient (Wildman–Crippen LogP) is 5.66. The molecule has 4 aromatic rings. The lowest BCUT2D eigenvalue weighted by Crippen LogP contribution is -2.49. The Bertz CT molecular complexity index is 2750. The van der Waals surface area contributed by atoms with E-state index in [2.05, 4.69) is 43.2 Å². The number of phenolic OH excluding ortho intramolecular Hbond substituents is 2. The number of nitrogens with zero attached hydrogens (tertiary/aromatic N) is 8. The van der Waals surface area contributed by atoms with Crippen LogP contribution in [-0.4, -0.2) is 151 Å². The Hall–Kier alpha value is -7.18. The highest BCUT2D eigenvalue weighted by Gasteiger charge is 2.32. The van der Waals surface area contributed by atoms with Crippen molar-refractivity contribution in [1.29, 1.82) is 5.41 Å². The number of hydrogen-bond donors (Lipinski definition) is 6. The lowest BCUT2D eigenvalue weighted by molar-refractivity contribution is -0.138. The number of benzene rings is 4. The molecule has 19 heteroatoms. The number of carbonyl (C=O) groups is 4. The predicted molar refractivity (Wildman–Crippen MR) is 286 cm³/mol. The van der Waals surface area contributed by atoms with Crippen LogP contribution in [0.4, 0.5) is 16.2 Å². The number of amidine groups is 2. The van der Waals surface area contributed by atoms with Crippen molar-refractivity contribution in [3.05, 3.63) is 106 Å². The summed E-state index contributed by atoms with van der Waals surface area (Å²) in [5, 5.41) is 35.2. The maximum atomic E-state index is 13.7. The molecule has 8 N–H and O–H groups in total. The van der Waals surface area contributed by atoms with E-state index in [1.165, 1.54) is 12.4 Å². The van der Waals surface area contributed by atoms with Crippen LogP contribution in [0.3, 0.4) is 0 Å². The molecule has 3 saturated heterocycles. The molecule has 73 heavy (non-hydrogen) atoms. The van der Waals surface area contributed by atoms with Crippen LogP contribution in [0, 0.1) is 17.2 Å². The van der Waals surface area contributed by atoms with Gasteiger partial charge in [0.2, 0.25) is 18.2 Å². The molecule has 0 radical (unpaired) electrons. The SMILES string of the molecule is CCc1cc(C(=N)N(C(N)=O)c2ccc(CN3CCC(C(=O)N4CCC(CNC(=O)CC/N=C(C5=C(/N=C/N)CN(c6cccc7cccc(Cl)c67)CC5)/N5CCN(C=O)CC5)CC4)CC3)cc2)c(O)cc1O. The van der Waals surface area contributed by atoms with Crippen molar-refractivity contribution >= 4 is 76.0 Å². The number of primary amides is 1. The van der Waals surface area contributed by atoms with Crippen LogP contribution in [-0.2, 0) is 27.3 Å². The van der Waals surface area contributed by atoms with Crippen LogP contribution in [0.25, 0.3) is 10.8 Å². The maximum absolute atomic E-state index is 13.7. The lowest BCUT2D eigenvalue weighted by Gasteiger charge is -2.38. The molecular formula is C54H67ClN12O6. The molecule has 8 rings (SSSR count). The fraction of sp³-hybridized carbons (Fsp3) is 0.426. The Morgan fingerprint density at radius 3 is 2.27 bits per heavy atom. The molecule has 0 unspecified atom stereocenters. The van der Waals surface area contributed by atoms with E-state index in [1.807, 2.05) is 42.2 Å². The summed E-state index contributed by atoms with van der Waals surface area (Å²) in [5.74, 6) is 0.426. The normalized spacial score (nSPS) is 17.6. The summed E-state index contributed by atoms with van der Waals surface area (Å²) in [6.45, 7) is 9.75. The van der Waals surface area contributed by atoms with E-state index in [4.69, 9.17) is 33.5 Å². The van der Waals surface area contributed by atoms with Crippen LogP contribution >= 0.6 is 11.6 Å². The van der Waals surface area contributed by atoms with Gasteiger partial charge in [-0.2, -0.15) is 0 Å². The van der Waals surface area contributed by atoms with E-state index >= 15 is 0 Å². The van der Waals surface area contributed by atoms with Crippen LogP contribution in [0.15, 0.2) is 94.1 Å². The molecular weight excluding hydrogens is 948 g/mol. The number of carbonyl (C=O) groups excluding carboxylic acids is 4. The molecule has 0 aliphatic carbocycles. The number of aryl methyl sites for hydroxylation is 1.